The number of carbonyl (C=O) groups excluding carboxylic acids is 1. The molecule has 1 aromatic rings. The molecule has 2 nitrogen and oxygen atoms in total. The average molecular weight is 253 g/mol. The summed E-state index contributed by atoms with van der Waals surface area (Å²) in [5.74, 6) is -0.391. The van der Waals surface area contributed by atoms with Gasteiger partial charge in [-0.3, -0.25) is 4.79 Å². The number of halogens is 1. The first-order valence-electron chi connectivity index (χ1n) is 5.66. The van der Waals surface area contributed by atoms with Gasteiger partial charge in [0.1, 0.15) is 5.82 Å². The number of thioether (sulfide) groups is 1. The molecule has 0 bridgehead atoms. The van der Waals surface area contributed by atoms with Crippen LogP contribution in [0, 0.1) is 12.7 Å². The Morgan fingerprint density at radius 3 is 2.76 bits per heavy atom. The van der Waals surface area contributed by atoms with E-state index in [2.05, 4.69) is 11.6 Å². The summed E-state index contributed by atoms with van der Waals surface area (Å²) in [4.78, 5) is 11.9. The minimum absolute atomic E-state index is 0.117. The molecule has 1 aliphatic carbocycles. The maximum atomic E-state index is 13.1. The Morgan fingerprint density at radius 1 is 1.53 bits per heavy atom. The van der Waals surface area contributed by atoms with Crippen molar-refractivity contribution in [3.8, 4) is 0 Å². The molecule has 0 atom stereocenters. The van der Waals surface area contributed by atoms with E-state index in [4.69, 9.17) is 0 Å². The zero-order valence-electron chi connectivity index (χ0n) is 10.0. The number of benzene rings is 1. The van der Waals surface area contributed by atoms with Crippen molar-refractivity contribution >= 4 is 17.7 Å². The summed E-state index contributed by atoms with van der Waals surface area (Å²) >= 11 is 1.81. The second-order valence-electron chi connectivity index (χ2n) is 4.53. The van der Waals surface area contributed by atoms with Crippen LogP contribution in [0.3, 0.4) is 0 Å². The zero-order chi connectivity index (χ0) is 12.5. The zero-order valence-corrected chi connectivity index (χ0v) is 10.9. The van der Waals surface area contributed by atoms with Gasteiger partial charge in [-0.15, -0.1) is 0 Å². The highest BCUT2D eigenvalue weighted by Crippen LogP contribution is 2.46. The molecule has 0 heterocycles. The lowest BCUT2D eigenvalue weighted by atomic mass is 10.1. The summed E-state index contributed by atoms with van der Waals surface area (Å²) in [6.07, 6.45) is 4.40. The topological polar surface area (TPSA) is 29.1 Å². The Balaban J connectivity index is 1.97. The highest BCUT2D eigenvalue weighted by molar-refractivity contribution is 8.00. The molecule has 4 heteroatoms. The van der Waals surface area contributed by atoms with Gasteiger partial charge in [-0.25, -0.2) is 4.39 Å². The van der Waals surface area contributed by atoms with Crippen molar-refractivity contribution in [1.82, 2.24) is 5.32 Å². The van der Waals surface area contributed by atoms with Gasteiger partial charge < -0.3 is 5.32 Å². The first-order valence-corrected chi connectivity index (χ1v) is 6.88. The number of nitrogens with one attached hydrogen (secondary N) is 1. The summed E-state index contributed by atoms with van der Waals surface area (Å²) in [5.41, 5.74) is 1.03. The Kier molecular flexibility index (Phi) is 3.43. The first-order chi connectivity index (χ1) is 8.06. The van der Waals surface area contributed by atoms with Crippen LogP contribution in [0.25, 0.3) is 0 Å². The van der Waals surface area contributed by atoms with Crippen LogP contribution in [0.5, 0.6) is 0 Å². The molecule has 1 amide bonds. The van der Waals surface area contributed by atoms with E-state index >= 15 is 0 Å². The van der Waals surface area contributed by atoms with Crippen LogP contribution in [0.4, 0.5) is 4.39 Å². The Bertz CT molecular complexity index is 443. The van der Waals surface area contributed by atoms with Crippen molar-refractivity contribution in [2.75, 3.05) is 12.8 Å². The van der Waals surface area contributed by atoms with Gasteiger partial charge in [0.2, 0.25) is 0 Å². The van der Waals surface area contributed by atoms with E-state index in [0.717, 1.165) is 12.8 Å². The van der Waals surface area contributed by atoms with Gasteiger partial charge in [0.15, 0.2) is 0 Å². The average Bonchev–Trinajstić information content (AvgIpc) is 3.10. The van der Waals surface area contributed by atoms with Gasteiger partial charge in [-0.2, -0.15) is 11.8 Å². The Morgan fingerprint density at radius 2 is 2.24 bits per heavy atom. The normalized spacial score (nSPS) is 16.6. The summed E-state index contributed by atoms with van der Waals surface area (Å²) in [6, 6.07) is 4.45. The SMILES string of the molecule is CSC1(CNC(=O)c2ccc(F)c(C)c2)CC1. The van der Waals surface area contributed by atoms with Crippen LogP contribution in [0.15, 0.2) is 18.2 Å². The number of carbonyl (C=O) groups is 1. The van der Waals surface area contributed by atoms with Crippen molar-refractivity contribution in [3.05, 3.63) is 35.1 Å². The fourth-order valence-corrected chi connectivity index (χ4v) is 2.45. The number of amides is 1. The second-order valence-corrected chi connectivity index (χ2v) is 5.81. The molecule has 92 valence electrons. The fraction of sp³-hybridized carbons (Fsp3) is 0.462. The van der Waals surface area contributed by atoms with E-state index in [0.29, 0.717) is 17.7 Å². The molecule has 17 heavy (non-hydrogen) atoms. The van der Waals surface area contributed by atoms with E-state index < -0.39 is 0 Å². The second kappa shape index (κ2) is 4.69. The van der Waals surface area contributed by atoms with Crippen LogP contribution in [-0.4, -0.2) is 23.5 Å². The number of aryl methyl sites for hydroxylation is 1. The highest BCUT2D eigenvalue weighted by atomic mass is 32.2. The monoisotopic (exact) mass is 253 g/mol. The highest BCUT2D eigenvalue weighted by Gasteiger charge is 2.41. The van der Waals surface area contributed by atoms with E-state index in [1.807, 2.05) is 0 Å². The van der Waals surface area contributed by atoms with Crippen LogP contribution < -0.4 is 5.32 Å². The summed E-state index contributed by atoms with van der Waals surface area (Å²) in [5, 5.41) is 2.92. The lowest BCUT2D eigenvalue weighted by Gasteiger charge is -2.13. The molecule has 0 aliphatic heterocycles. The third kappa shape index (κ3) is 2.80. The maximum absolute atomic E-state index is 13.1. The van der Waals surface area contributed by atoms with Gasteiger partial charge in [0, 0.05) is 16.9 Å². The standard InChI is InChI=1S/C13H16FNOS/c1-9-7-10(3-4-11(9)14)12(16)15-8-13(17-2)5-6-13/h3-4,7H,5-6,8H2,1-2H3,(H,15,16). The summed E-state index contributed by atoms with van der Waals surface area (Å²) in [6.45, 7) is 2.36. The molecule has 0 aromatic heterocycles. The number of hydrogen-bond donors (Lipinski definition) is 1. The van der Waals surface area contributed by atoms with Crippen LogP contribution in [0.2, 0.25) is 0 Å². The molecule has 0 unspecified atom stereocenters. The van der Waals surface area contributed by atoms with Crippen molar-refractivity contribution in [2.24, 2.45) is 0 Å². The fourth-order valence-electron chi connectivity index (χ4n) is 1.72. The molecule has 0 radical (unpaired) electrons. The molecule has 1 saturated carbocycles. The van der Waals surface area contributed by atoms with E-state index in [1.54, 1.807) is 24.8 Å². The third-order valence-corrected chi connectivity index (χ3v) is 4.65. The Labute approximate surface area is 105 Å². The van der Waals surface area contributed by atoms with Gasteiger partial charge >= 0.3 is 0 Å². The minimum Gasteiger partial charge on any atom is -0.351 e. The summed E-state index contributed by atoms with van der Waals surface area (Å²) < 4.78 is 13.3. The van der Waals surface area contributed by atoms with E-state index in [-0.39, 0.29) is 16.5 Å². The quantitative estimate of drug-likeness (QED) is 0.894. The largest absolute Gasteiger partial charge is 0.351 e. The smallest absolute Gasteiger partial charge is 0.251 e. The molecule has 1 aliphatic rings. The summed E-state index contributed by atoms with van der Waals surface area (Å²) in [7, 11) is 0. The minimum atomic E-state index is -0.274. The van der Waals surface area contributed by atoms with Crippen LogP contribution >= 0.6 is 11.8 Å². The van der Waals surface area contributed by atoms with Gasteiger partial charge in [0.05, 0.1) is 0 Å². The maximum Gasteiger partial charge on any atom is 0.251 e. The first kappa shape index (κ1) is 12.4. The van der Waals surface area contributed by atoms with Crippen molar-refractivity contribution < 1.29 is 9.18 Å². The van der Waals surface area contributed by atoms with Gasteiger partial charge in [0.25, 0.3) is 5.91 Å². The van der Waals surface area contributed by atoms with E-state index in [9.17, 15) is 9.18 Å². The van der Waals surface area contributed by atoms with E-state index in [1.165, 1.54) is 12.1 Å². The van der Waals surface area contributed by atoms with Crippen LogP contribution in [0.1, 0.15) is 28.8 Å². The van der Waals surface area contributed by atoms with Crippen LogP contribution in [-0.2, 0) is 0 Å². The molecular weight excluding hydrogens is 237 g/mol. The third-order valence-electron chi connectivity index (χ3n) is 3.23. The molecule has 1 aromatic carbocycles. The van der Waals surface area contributed by atoms with Gasteiger partial charge in [-0.05, 0) is 49.8 Å². The predicted octanol–water partition coefficient (Wildman–Crippen LogP) is 2.76. The number of hydrogen-bond acceptors (Lipinski definition) is 2. The molecule has 1 fully saturated rings. The molecular formula is C13H16FNOS. The van der Waals surface area contributed by atoms with Crippen molar-refractivity contribution in [3.63, 3.8) is 0 Å². The lowest BCUT2D eigenvalue weighted by Crippen LogP contribution is -2.31. The molecule has 1 N–H and O–H groups in total. The molecule has 0 spiro atoms. The van der Waals surface area contributed by atoms with Crippen molar-refractivity contribution in [2.45, 2.75) is 24.5 Å². The van der Waals surface area contributed by atoms with Gasteiger partial charge in [-0.1, -0.05) is 0 Å². The lowest BCUT2D eigenvalue weighted by molar-refractivity contribution is 0.0953. The Hall–Kier alpha value is -1.03. The molecule has 2 rings (SSSR count). The van der Waals surface area contributed by atoms with Crippen molar-refractivity contribution in [1.29, 1.82) is 0 Å². The molecule has 0 saturated heterocycles. The predicted molar refractivity (Wildman–Crippen MR) is 69.0 cm³/mol. The number of rotatable bonds is 4.